The van der Waals surface area contributed by atoms with Crippen molar-refractivity contribution in [2.45, 2.75) is 25.0 Å². The Morgan fingerprint density at radius 1 is 1.30 bits per heavy atom. The number of likely N-dealkylation sites (tertiary alicyclic amines) is 1. The summed E-state index contributed by atoms with van der Waals surface area (Å²) in [6, 6.07) is 9.76. The maximum absolute atomic E-state index is 12.2. The van der Waals surface area contributed by atoms with Gasteiger partial charge in [-0.1, -0.05) is 42.5 Å². The highest BCUT2D eigenvalue weighted by atomic mass is 16.2. The predicted octanol–water partition coefficient (Wildman–Crippen LogP) is 0.902. The number of likely N-dealkylation sites (N-methyl/N-ethyl adjacent to an activating group) is 1. The quantitative estimate of drug-likeness (QED) is 0.762. The molecule has 0 aliphatic carbocycles. The molecule has 1 aromatic heterocycles. The Balaban J connectivity index is 1.57. The third kappa shape index (κ3) is 5.27. The third-order valence-electron chi connectivity index (χ3n) is 4.65. The van der Waals surface area contributed by atoms with Crippen LogP contribution in [0.1, 0.15) is 12.0 Å². The van der Waals surface area contributed by atoms with Gasteiger partial charge in [0, 0.05) is 38.6 Å². The van der Waals surface area contributed by atoms with Crippen LogP contribution >= 0.6 is 0 Å². The van der Waals surface area contributed by atoms with E-state index >= 15 is 0 Å². The largest absolute Gasteiger partial charge is 0.358 e. The van der Waals surface area contributed by atoms with Crippen LogP contribution in [-0.4, -0.2) is 58.5 Å². The lowest BCUT2D eigenvalue weighted by atomic mass is 10.1. The van der Waals surface area contributed by atoms with E-state index in [1.54, 1.807) is 30.3 Å². The number of hydrogen-bond donors (Lipinski definition) is 2. The van der Waals surface area contributed by atoms with Gasteiger partial charge in [0.1, 0.15) is 6.54 Å². The molecule has 7 heteroatoms. The monoisotopic (exact) mass is 367 g/mol. The SMILES string of the molecule is CNC(=O)[C@@H]1C[C@@H](NC(=O)Cn2ccnc2)CN1C/C=C/c1ccccc1. The van der Waals surface area contributed by atoms with Crippen LogP contribution < -0.4 is 10.6 Å². The van der Waals surface area contributed by atoms with Crippen LogP contribution in [-0.2, 0) is 16.1 Å². The molecule has 0 unspecified atom stereocenters. The topological polar surface area (TPSA) is 79.3 Å². The lowest BCUT2D eigenvalue weighted by Crippen LogP contribution is -2.41. The van der Waals surface area contributed by atoms with Crippen LogP contribution in [0.25, 0.3) is 6.08 Å². The van der Waals surface area contributed by atoms with Crippen molar-refractivity contribution in [3.8, 4) is 0 Å². The van der Waals surface area contributed by atoms with Crippen molar-refractivity contribution in [2.75, 3.05) is 20.1 Å². The Labute approximate surface area is 159 Å². The fourth-order valence-corrected chi connectivity index (χ4v) is 3.36. The normalized spacial score (nSPS) is 20.0. The average Bonchev–Trinajstić information content (AvgIpc) is 3.32. The summed E-state index contributed by atoms with van der Waals surface area (Å²) >= 11 is 0. The molecule has 0 radical (unpaired) electrons. The molecule has 1 aromatic carbocycles. The van der Waals surface area contributed by atoms with Crippen molar-refractivity contribution < 1.29 is 9.59 Å². The molecule has 27 heavy (non-hydrogen) atoms. The first kappa shape index (κ1) is 18.8. The van der Waals surface area contributed by atoms with Crippen LogP contribution in [0.4, 0.5) is 0 Å². The van der Waals surface area contributed by atoms with Gasteiger partial charge in [-0.05, 0) is 12.0 Å². The summed E-state index contributed by atoms with van der Waals surface area (Å²) in [5.74, 6) is -0.0928. The Hall–Kier alpha value is -2.93. The van der Waals surface area contributed by atoms with Crippen molar-refractivity contribution >= 4 is 17.9 Å². The minimum absolute atomic E-state index is 0.0190. The molecule has 2 heterocycles. The summed E-state index contributed by atoms with van der Waals surface area (Å²) in [6.07, 6.45) is 9.72. The van der Waals surface area contributed by atoms with Crippen LogP contribution in [0.5, 0.6) is 0 Å². The number of benzene rings is 1. The summed E-state index contributed by atoms with van der Waals surface area (Å²) in [5, 5.41) is 5.76. The van der Waals surface area contributed by atoms with Crippen LogP contribution in [0.15, 0.2) is 55.1 Å². The zero-order valence-corrected chi connectivity index (χ0v) is 15.4. The molecule has 1 fully saturated rings. The highest BCUT2D eigenvalue weighted by Gasteiger charge is 2.36. The summed E-state index contributed by atoms with van der Waals surface area (Å²) in [4.78, 5) is 30.5. The van der Waals surface area contributed by atoms with Crippen molar-refractivity contribution in [3.63, 3.8) is 0 Å². The van der Waals surface area contributed by atoms with E-state index in [2.05, 4.69) is 26.6 Å². The van der Waals surface area contributed by atoms with Gasteiger partial charge in [0.25, 0.3) is 0 Å². The van der Waals surface area contributed by atoms with Gasteiger partial charge in [-0.2, -0.15) is 0 Å². The van der Waals surface area contributed by atoms with Gasteiger partial charge in [0.2, 0.25) is 11.8 Å². The smallest absolute Gasteiger partial charge is 0.240 e. The lowest BCUT2D eigenvalue weighted by molar-refractivity contribution is -0.125. The fourth-order valence-electron chi connectivity index (χ4n) is 3.36. The number of carbonyl (C=O) groups is 2. The van der Waals surface area contributed by atoms with Gasteiger partial charge in [-0.3, -0.25) is 14.5 Å². The number of nitrogens with zero attached hydrogens (tertiary/aromatic N) is 3. The molecule has 2 amide bonds. The maximum Gasteiger partial charge on any atom is 0.240 e. The number of hydrogen-bond acceptors (Lipinski definition) is 4. The van der Waals surface area contributed by atoms with E-state index in [4.69, 9.17) is 0 Å². The molecule has 0 saturated carbocycles. The summed E-state index contributed by atoms with van der Waals surface area (Å²) in [6.45, 7) is 1.53. The lowest BCUT2D eigenvalue weighted by Gasteiger charge is -2.21. The van der Waals surface area contributed by atoms with Crippen molar-refractivity contribution in [1.29, 1.82) is 0 Å². The molecule has 2 N–H and O–H groups in total. The number of imidazole rings is 1. The number of amides is 2. The Morgan fingerprint density at radius 3 is 2.81 bits per heavy atom. The first-order valence-electron chi connectivity index (χ1n) is 9.08. The summed E-state index contributed by atoms with van der Waals surface area (Å²) in [5.41, 5.74) is 1.12. The first-order valence-corrected chi connectivity index (χ1v) is 9.08. The standard InChI is InChI=1S/C20H25N5O2/c1-21-20(27)18-12-17(23-19(26)14-24-11-9-22-15-24)13-25(18)10-5-8-16-6-3-2-4-7-16/h2-9,11,15,17-18H,10,12-14H2,1H3,(H,21,27)(H,23,26)/b8-5+/t17-,18+/m1/s1. The number of nitrogens with one attached hydrogen (secondary N) is 2. The summed E-state index contributed by atoms with van der Waals surface area (Å²) < 4.78 is 1.72. The number of aromatic nitrogens is 2. The molecular formula is C20H25N5O2. The second-order valence-electron chi connectivity index (χ2n) is 6.63. The van der Waals surface area contributed by atoms with Crippen molar-refractivity contribution in [2.24, 2.45) is 0 Å². The fraction of sp³-hybridized carbons (Fsp3) is 0.350. The molecule has 0 spiro atoms. The molecule has 1 aliphatic rings. The van der Waals surface area contributed by atoms with Gasteiger partial charge in [0.15, 0.2) is 0 Å². The third-order valence-corrected chi connectivity index (χ3v) is 4.65. The van der Waals surface area contributed by atoms with Gasteiger partial charge in [0.05, 0.1) is 12.4 Å². The molecule has 0 bridgehead atoms. The van der Waals surface area contributed by atoms with E-state index in [1.165, 1.54) is 0 Å². The van der Waals surface area contributed by atoms with E-state index < -0.39 is 0 Å². The number of carbonyl (C=O) groups excluding carboxylic acids is 2. The first-order chi connectivity index (χ1) is 13.2. The average molecular weight is 367 g/mol. The zero-order chi connectivity index (χ0) is 19.1. The molecule has 7 nitrogen and oxygen atoms in total. The molecular weight excluding hydrogens is 342 g/mol. The van der Waals surface area contributed by atoms with Gasteiger partial charge < -0.3 is 15.2 Å². The predicted molar refractivity (Wildman–Crippen MR) is 104 cm³/mol. The van der Waals surface area contributed by atoms with E-state index in [1.807, 2.05) is 36.4 Å². The van der Waals surface area contributed by atoms with Gasteiger partial charge >= 0.3 is 0 Å². The summed E-state index contributed by atoms with van der Waals surface area (Å²) in [7, 11) is 1.64. The molecule has 142 valence electrons. The van der Waals surface area contributed by atoms with Gasteiger partial charge in [-0.15, -0.1) is 0 Å². The molecule has 2 aromatic rings. The van der Waals surface area contributed by atoms with Crippen LogP contribution in [0, 0.1) is 0 Å². The minimum atomic E-state index is -0.242. The Morgan fingerprint density at radius 2 is 2.11 bits per heavy atom. The van der Waals surface area contributed by atoms with Gasteiger partial charge in [-0.25, -0.2) is 4.98 Å². The Kier molecular flexibility index (Phi) is 6.38. The molecule has 1 saturated heterocycles. The molecule has 1 aliphatic heterocycles. The molecule has 2 atom stereocenters. The highest BCUT2D eigenvalue weighted by molar-refractivity contribution is 5.82. The van der Waals surface area contributed by atoms with E-state index in [0.29, 0.717) is 19.5 Å². The van der Waals surface area contributed by atoms with Crippen LogP contribution in [0.2, 0.25) is 0 Å². The second kappa shape index (κ2) is 9.14. The molecule has 3 rings (SSSR count). The van der Waals surface area contributed by atoms with Crippen molar-refractivity contribution in [1.82, 2.24) is 25.1 Å². The second-order valence-corrected chi connectivity index (χ2v) is 6.63. The highest BCUT2D eigenvalue weighted by Crippen LogP contribution is 2.18. The Bertz CT molecular complexity index is 773. The zero-order valence-electron chi connectivity index (χ0n) is 15.4. The van der Waals surface area contributed by atoms with E-state index in [9.17, 15) is 9.59 Å². The van der Waals surface area contributed by atoms with Crippen LogP contribution in [0.3, 0.4) is 0 Å². The minimum Gasteiger partial charge on any atom is -0.358 e. The van der Waals surface area contributed by atoms with E-state index in [-0.39, 0.29) is 30.4 Å². The van der Waals surface area contributed by atoms with E-state index in [0.717, 1.165) is 5.56 Å². The number of rotatable bonds is 7. The maximum atomic E-state index is 12.2. The van der Waals surface area contributed by atoms with Crippen molar-refractivity contribution in [3.05, 3.63) is 60.7 Å².